The fraction of sp³-hybridized carbons (Fsp3) is 0.500. The molecule has 2 rings (SSSR count). The number of nitrogens with zero attached hydrogens (tertiary/aromatic N) is 3. The summed E-state index contributed by atoms with van der Waals surface area (Å²) in [6.45, 7) is 8.86. The molecule has 0 saturated carbocycles. The smallest absolute Gasteiger partial charge is 0.276 e. The molecule has 0 fully saturated rings. The van der Waals surface area contributed by atoms with Crippen LogP contribution in [-0.2, 0) is 6.54 Å². The highest BCUT2D eigenvalue weighted by atomic mass is 32.1. The molecule has 0 aliphatic heterocycles. The first-order valence-electron chi connectivity index (χ1n) is 6.72. The first kappa shape index (κ1) is 14.7. The zero-order valence-corrected chi connectivity index (χ0v) is 13.1. The molecule has 20 heavy (non-hydrogen) atoms. The molecule has 2 aromatic heterocycles. The fourth-order valence-electron chi connectivity index (χ4n) is 1.91. The summed E-state index contributed by atoms with van der Waals surface area (Å²) < 4.78 is 1.55. The van der Waals surface area contributed by atoms with Gasteiger partial charge >= 0.3 is 0 Å². The summed E-state index contributed by atoms with van der Waals surface area (Å²) in [7, 11) is 0. The lowest BCUT2D eigenvalue weighted by atomic mass is 10.1. The van der Waals surface area contributed by atoms with Gasteiger partial charge in [0.15, 0.2) is 5.13 Å². The molecule has 108 valence electrons. The Morgan fingerprint density at radius 1 is 1.35 bits per heavy atom. The summed E-state index contributed by atoms with van der Waals surface area (Å²) in [5.74, 6) is 0.611. The van der Waals surface area contributed by atoms with Gasteiger partial charge in [0.05, 0.1) is 17.0 Å². The van der Waals surface area contributed by atoms with Gasteiger partial charge in [-0.15, -0.1) is 11.3 Å². The van der Waals surface area contributed by atoms with E-state index in [1.54, 1.807) is 4.68 Å². The third kappa shape index (κ3) is 3.07. The molecular formula is C14H20N4OS. The van der Waals surface area contributed by atoms with E-state index in [0.29, 0.717) is 28.9 Å². The van der Waals surface area contributed by atoms with Crippen molar-refractivity contribution in [3.05, 3.63) is 27.5 Å². The van der Waals surface area contributed by atoms with Crippen LogP contribution in [0.5, 0.6) is 0 Å². The van der Waals surface area contributed by atoms with E-state index in [-0.39, 0.29) is 11.5 Å². The molecule has 2 aromatic rings. The third-order valence-corrected chi connectivity index (χ3v) is 3.59. The van der Waals surface area contributed by atoms with E-state index in [9.17, 15) is 4.79 Å². The van der Waals surface area contributed by atoms with Crippen LogP contribution in [0.4, 0.5) is 5.13 Å². The second kappa shape index (κ2) is 5.75. The van der Waals surface area contributed by atoms with Crippen LogP contribution in [-0.4, -0.2) is 14.8 Å². The second-order valence-electron chi connectivity index (χ2n) is 5.59. The molecular weight excluding hydrogens is 272 g/mol. The average Bonchev–Trinajstić information content (AvgIpc) is 2.77. The Balaban J connectivity index is 2.60. The third-order valence-electron chi connectivity index (χ3n) is 2.92. The van der Waals surface area contributed by atoms with E-state index in [0.717, 1.165) is 5.69 Å². The van der Waals surface area contributed by atoms with Gasteiger partial charge in [0, 0.05) is 11.9 Å². The van der Waals surface area contributed by atoms with E-state index in [2.05, 4.69) is 37.8 Å². The summed E-state index contributed by atoms with van der Waals surface area (Å²) >= 11 is 1.34. The topological polar surface area (TPSA) is 73.8 Å². The molecule has 5 nitrogen and oxygen atoms in total. The number of hydrogen-bond donors (Lipinski definition) is 1. The standard InChI is InChI=1S/C14H20N4OS/c1-8(2)6-18-13(19)10(5-11(17-18)9(3)4)12-7-20-14(15)16-12/h5,7-9H,6H2,1-4H3,(H2,15,16). The van der Waals surface area contributed by atoms with Crippen molar-refractivity contribution in [3.63, 3.8) is 0 Å². The summed E-state index contributed by atoms with van der Waals surface area (Å²) in [5, 5.41) is 6.74. The number of nitrogens with two attached hydrogens (primary N) is 1. The van der Waals surface area contributed by atoms with Crippen LogP contribution in [0.2, 0.25) is 0 Å². The molecule has 0 radical (unpaired) electrons. The largest absolute Gasteiger partial charge is 0.375 e. The zero-order chi connectivity index (χ0) is 14.9. The number of rotatable bonds is 4. The molecule has 0 aliphatic rings. The normalized spacial score (nSPS) is 11.5. The van der Waals surface area contributed by atoms with E-state index < -0.39 is 0 Å². The number of hydrogen-bond acceptors (Lipinski definition) is 5. The molecule has 0 aliphatic carbocycles. The van der Waals surface area contributed by atoms with Crippen LogP contribution in [0.15, 0.2) is 16.2 Å². The first-order chi connectivity index (χ1) is 9.38. The fourth-order valence-corrected chi connectivity index (χ4v) is 2.47. The number of anilines is 1. The van der Waals surface area contributed by atoms with Crippen LogP contribution < -0.4 is 11.3 Å². The van der Waals surface area contributed by atoms with Crippen LogP contribution in [0, 0.1) is 5.92 Å². The van der Waals surface area contributed by atoms with Crippen LogP contribution in [0.25, 0.3) is 11.3 Å². The summed E-state index contributed by atoms with van der Waals surface area (Å²) in [4.78, 5) is 16.7. The van der Waals surface area contributed by atoms with Gasteiger partial charge in [-0.25, -0.2) is 9.67 Å². The lowest BCUT2D eigenvalue weighted by Gasteiger charge is -2.13. The minimum Gasteiger partial charge on any atom is -0.375 e. The molecule has 0 bridgehead atoms. The minimum atomic E-state index is -0.103. The minimum absolute atomic E-state index is 0.103. The number of aromatic nitrogens is 3. The predicted molar refractivity (Wildman–Crippen MR) is 82.9 cm³/mol. The molecule has 6 heteroatoms. The Labute approximate surface area is 122 Å². The van der Waals surface area contributed by atoms with Gasteiger partial charge < -0.3 is 5.73 Å². The Morgan fingerprint density at radius 2 is 2.05 bits per heavy atom. The maximum Gasteiger partial charge on any atom is 0.276 e. The van der Waals surface area contributed by atoms with Crippen molar-refractivity contribution in [1.82, 2.24) is 14.8 Å². The van der Waals surface area contributed by atoms with E-state index in [1.807, 2.05) is 11.4 Å². The van der Waals surface area contributed by atoms with Crippen molar-refractivity contribution in [2.24, 2.45) is 5.92 Å². The van der Waals surface area contributed by atoms with Crippen molar-refractivity contribution in [1.29, 1.82) is 0 Å². The van der Waals surface area contributed by atoms with Crippen LogP contribution >= 0.6 is 11.3 Å². The van der Waals surface area contributed by atoms with Gasteiger partial charge in [-0.2, -0.15) is 5.10 Å². The molecule has 0 atom stereocenters. The highest BCUT2D eigenvalue weighted by Gasteiger charge is 2.15. The van der Waals surface area contributed by atoms with Gasteiger partial charge in [0.25, 0.3) is 5.56 Å². The lowest BCUT2D eigenvalue weighted by molar-refractivity contribution is 0.456. The van der Waals surface area contributed by atoms with Gasteiger partial charge in [-0.1, -0.05) is 27.7 Å². The highest BCUT2D eigenvalue weighted by Crippen LogP contribution is 2.22. The van der Waals surface area contributed by atoms with Crippen molar-refractivity contribution >= 4 is 16.5 Å². The summed E-state index contributed by atoms with van der Waals surface area (Å²) in [5.41, 5.74) is 7.68. The van der Waals surface area contributed by atoms with Crippen LogP contribution in [0.3, 0.4) is 0 Å². The van der Waals surface area contributed by atoms with Gasteiger partial charge in [0.1, 0.15) is 0 Å². The van der Waals surface area contributed by atoms with Crippen molar-refractivity contribution in [3.8, 4) is 11.3 Å². The zero-order valence-electron chi connectivity index (χ0n) is 12.3. The second-order valence-corrected chi connectivity index (χ2v) is 6.48. The maximum atomic E-state index is 12.5. The quantitative estimate of drug-likeness (QED) is 0.940. The predicted octanol–water partition coefficient (Wildman–Crippen LogP) is 2.73. The first-order valence-corrected chi connectivity index (χ1v) is 7.60. The molecule has 0 saturated heterocycles. The van der Waals surface area contributed by atoms with E-state index in [1.165, 1.54) is 11.3 Å². The van der Waals surface area contributed by atoms with Crippen molar-refractivity contribution in [2.45, 2.75) is 40.2 Å². The highest BCUT2D eigenvalue weighted by molar-refractivity contribution is 7.13. The van der Waals surface area contributed by atoms with Gasteiger partial charge in [0.2, 0.25) is 0 Å². The van der Waals surface area contributed by atoms with Gasteiger partial charge in [-0.3, -0.25) is 4.79 Å². The van der Waals surface area contributed by atoms with Crippen LogP contribution in [0.1, 0.15) is 39.3 Å². The monoisotopic (exact) mass is 292 g/mol. The molecule has 2 N–H and O–H groups in total. The molecule has 0 spiro atoms. The SMILES string of the molecule is CC(C)Cn1nc(C(C)C)cc(-c2csc(N)n2)c1=O. The van der Waals surface area contributed by atoms with E-state index >= 15 is 0 Å². The molecule has 0 unspecified atom stereocenters. The van der Waals surface area contributed by atoms with Crippen molar-refractivity contribution < 1.29 is 0 Å². The average molecular weight is 292 g/mol. The Bertz CT molecular complexity index is 657. The van der Waals surface area contributed by atoms with Gasteiger partial charge in [-0.05, 0) is 17.9 Å². The summed E-state index contributed by atoms with van der Waals surface area (Å²) in [6, 6.07) is 1.83. The number of nitrogen functional groups attached to an aromatic ring is 1. The summed E-state index contributed by atoms with van der Waals surface area (Å²) in [6.07, 6.45) is 0. The lowest BCUT2D eigenvalue weighted by Crippen LogP contribution is -2.28. The molecule has 2 heterocycles. The Morgan fingerprint density at radius 3 is 2.55 bits per heavy atom. The van der Waals surface area contributed by atoms with E-state index in [4.69, 9.17) is 5.73 Å². The van der Waals surface area contributed by atoms with Crippen molar-refractivity contribution in [2.75, 3.05) is 5.73 Å². The molecule has 0 aromatic carbocycles. The Hall–Kier alpha value is -1.69. The number of thiazole rings is 1. The molecule has 0 amide bonds. The Kier molecular flexibility index (Phi) is 4.23. The maximum absolute atomic E-state index is 12.5.